The first-order valence-corrected chi connectivity index (χ1v) is 9.45. The zero-order valence-corrected chi connectivity index (χ0v) is 15.1. The molecule has 1 aliphatic rings. The fourth-order valence-corrected chi connectivity index (χ4v) is 4.89. The van der Waals surface area contributed by atoms with Crippen molar-refractivity contribution in [3.63, 3.8) is 0 Å². The van der Waals surface area contributed by atoms with Crippen LogP contribution in [0.2, 0.25) is 0 Å². The Labute approximate surface area is 157 Å². The minimum absolute atomic E-state index is 0.120. The number of rotatable bonds is 4. The van der Waals surface area contributed by atoms with Gasteiger partial charge in [0.15, 0.2) is 0 Å². The van der Waals surface area contributed by atoms with E-state index < -0.39 is 12.8 Å². The monoisotopic (exact) mass is 394 g/mol. The molecule has 0 saturated heterocycles. The van der Waals surface area contributed by atoms with Crippen LogP contribution in [-0.4, -0.2) is 22.8 Å². The maximum Gasteiger partial charge on any atom is 0.411 e. The zero-order chi connectivity index (χ0) is 19.0. The molecule has 2 aromatic heterocycles. The number of thiophene rings is 1. The number of hydrogen-bond donors (Lipinski definition) is 1. The molecule has 0 radical (unpaired) electrons. The first kappa shape index (κ1) is 18.2. The molecule has 1 atom stereocenters. The number of nitrogens with zero attached hydrogens (tertiary/aromatic N) is 1. The number of hydrogen-bond acceptors (Lipinski definition) is 4. The summed E-state index contributed by atoms with van der Waals surface area (Å²) in [5.74, 6) is 0.524. The quantitative estimate of drug-likeness (QED) is 0.716. The van der Waals surface area contributed by atoms with Crippen LogP contribution in [0.1, 0.15) is 34.2 Å². The van der Waals surface area contributed by atoms with Crippen LogP contribution < -0.4 is 5.56 Å². The van der Waals surface area contributed by atoms with Gasteiger partial charge in [-0.1, -0.05) is 30.3 Å². The predicted octanol–water partition coefficient (Wildman–Crippen LogP) is 4.34. The maximum absolute atomic E-state index is 12.5. The molecule has 27 heavy (non-hydrogen) atoms. The first-order valence-electron chi connectivity index (χ1n) is 8.63. The van der Waals surface area contributed by atoms with Gasteiger partial charge < -0.3 is 9.72 Å². The highest BCUT2D eigenvalue weighted by molar-refractivity contribution is 7.18. The summed E-state index contributed by atoms with van der Waals surface area (Å²) in [6.45, 7) is -1.74. The summed E-state index contributed by atoms with van der Waals surface area (Å²) < 4.78 is 41.2. The van der Waals surface area contributed by atoms with Gasteiger partial charge in [0, 0.05) is 4.88 Å². The van der Waals surface area contributed by atoms with Gasteiger partial charge in [-0.25, -0.2) is 4.98 Å². The Morgan fingerprint density at radius 3 is 2.78 bits per heavy atom. The van der Waals surface area contributed by atoms with Crippen molar-refractivity contribution in [2.45, 2.75) is 38.0 Å². The van der Waals surface area contributed by atoms with E-state index in [2.05, 4.69) is 26.8 Å². The van der Waals surface area contributed by atoms with Gasteiger partial charge >= 0.3 is 6.18 Å². The van der Waals surface area contributed by atoms with Crippen molar-refractivity contribution >= 4 is 21.6 Å². The molecule has 0 fully saturated rings. The molecule has 142 valence electrons. The van der Waals surface area contributed by atoms with Crippen LogP contribution in [0.15, 0.2) is 35.1 Å². The van der Waals surface area contributed by atoms with Gasteiger partial charge in [0.25, 0.3) is 5.56 Å². The molecule has 4 rings (SSSR count). The van der Waals surface area contributed by atoms with Crippen LogP contribution >= 0.6 is 11.3 Å². The second kappa shape index (κ2) is 7.09. The van der Waals surface area contributed by atoms with E-state index in [9.17, 15) is 18.0 Å². The Balaban J connectivity index is 1.59. The van der Waals surface area contributed by atoms with E-state index in [-0.39, 0.29) is 18.0 Å². The third-order valence-corrected chi connectivity index (χ3v) is 5.89. The minimum atomic E-state index is -4.40. The Morgan fingerprint density at radius 1 is 1.26 bits per heavy atom. The molecule has 0 bridgehead atoms. The van der Waals surface area contributed by atoms with Crippen LogP contribution in [-0.2, 0) is 24.2 Å². The number of halogens is 3. The summed E-state index contributed by atoms with van der Waals surface area (Å²) >= 11 is 1.46. The van der Waals surface area contributed by atoms with Crippen LogP contribution in [0.4, 0.5) is 13.2 Å². The van der Waals surface area contributed by atoms with E-state index in [4.69, 9.17) is 0 Å². The Kier molecular flexibility index (Phi) is 4.77. The zero-order valence-electron chi connectivity index (χ0n) is 14.3. The number of alkyl halides is 3. The average molecular weight is 394 g/mol. The smallest absolute Gasteiger partial charge is 0.364 e. The largest absolute Gasteiger partial charge is 0.411 e. The van der Waals surface area contributed by atoms with E-state index >= 15 is 0 Å². The molecule has 0 aliphatic heterocycles. The predicted molar refractivity (Wildman–Crippen MR) is 97.2 cm³/mol. The molecule has 3 aromatic rings. The highest BCUT2D eigenvalue weighted by Gasteiger charge is 2.28. The van der Waals surface area contributed by atoms with Gasteiger partial charge in [0.2, 0.25) is 0 Å². The van der Waals surface area contributed by atoms with Crippen molar-refractivity contribution in [1.29, 1.82) is 0 Å². The summed E-state index contributed by atoms with van der Waals surface area (Å²) in [4.78, 5) is 21.1. The summed E-state index contributed by atoms with van der Waals surface area (Å²) in [6.07, 6.45) is -1.80. The molecule has 0 unspecified atom stereocenters. The Morgan fingerprint density at radius 2 is 2.04 bits per heavy atom. The van der Waals surface area contributed by atoms with Gasteiger partial charge in [-0.15, -0.1) is 11.3 Å². The lowest BCUT2D eigenvalue weighted by atomic mass is 9.83. The molecule has 0 amide bonds. The molecule has 1 aromatic carbocycles. The van der Waals surface area contributed by atoms with Gasteiger partial charge in [0.1, 0.15) is 23.9 Å². The number of aromatic nitrogens is 2. The van der Waals surface area contributed by atoms with Crippen molar-refractivity contribution in [2.75, 3.05) is 6.61 Å². The van der Waals surface area contributed by atoms with Gasteiger partial charge in [-0.05, 0) is 36.3 Å². The Bertz CT molecular complexity index is 1010. The van der Waals surface area contributed by atoms with E-state index in [0.29, 0.717) is 16.1 Å². The lowest BCUT2D eigenvalue weighted by Crippen LogP contribution is -2.19. The van der Waals surface area contributed by atoms with Crippen LogP contribution in [0, 0.1) is 0 Å². The highest BCUT2D eigenvalue weighted by Crippen LogP contribution is 2.39. The number of benzene rings is 1. The number of H-pyrrole nitrogens is 1. The van der Waals surface area contributed by atoms with E-state index in [0.717, 1.165) is 29.7 Å². The molecule has 4 nitrogen and oxygen atoms in total. The Hall–Kier alpha value is -2.19. The molecule has 8 heteroatoms. The third kappa shape index (κ3) is 3.91. The summed E-state index contributed by atoms with van der Waals surface area (Å²) in [5, 5.41) is 0.570. The van der Waals surface area contributed by atoms with Crippen molar-refractivity contribution < 1.29 is 17.9 Å². The lowest BCUT2D eigenvalue weighted by Gasteiger charge is -2.22. The molecule has 2 heterocycles. The van der Waals surface area contributed by atoms with Crippen LogP contribution in [0.5, 0.6) is 0 Å². The molecular weight excluding hydrogens is 377 g/mol. The second-order valence-corrected chi connectivity index (χ2v) is 7.74. The van der Waals surface area contributed by atoms with Crippen LogP contribution in [0.3, 0.4) is 0 Å². The maximum atomic E-state index is 12.5. The fraction of sp³-hybridized carbons (Fsp3) is 0.368. The number of nitrogens with one attached hydrogen (secondary N) is 1. The third-order valence-electron chi connectivity index (χ3n) is 4.74. The minimum Gasteiger partial charge on any atom is -0.364 e. The second-order valence-electron chi connectivity index (χ2n) is 6.65. The summed E-state index contributed by atoms with van der Waals surface area (Å²) in [5.41, 5.74) is 2.00. The standard InChI is InChI=1S/C19H17F3N2O2S/c20-19(21,22)10-26-9-15-23-17(25)16-13-7-6-12(11-4-2-1-3-5-11)8-14(13)27-18(16)24-15/h1-5,12H,6-10H2,(H,23,24,25)/t12-/m1/s1. The highest BCUT2D eigenvalue weighted by atomic mass is 32.1. The molecule has 1 N–H and O–H groups in total. The van der Waals surface area contributed by atoms with E-state index in [1.807, 2.05) is 18.2 Å². The molecular formula is C19H17F3N2O2S. The van der Waals surface area contributed by atoms with Gasteiger partial charge in [-0.2, -0.15) is 13.2 Å². The lowest BCUT2D eigenvalue weighted by molar-refractivity contribution is -0.177. The molecule has 0 saturated carbocycles. The van der Waals surface area contributed by atoms with Gasteiger partial charge in [0.05, 0.1) is 5.39 Å². The number of aromatic amines is 1. The number of ether oxygens (including phenoxy) is 1. The van der Waals surface area contributed by atoms with Crippen molar-refractivity contribution in [1.82, 2.24) is 9.97 Å². The average Bonchev–Trinajstić information content (AvgIpc) is 2.99. The first-order chi connectivity index (χ1) is 12.9. The normalized spacial score (nSPS) is 17.2. The van der Waals surface area contributed by atoms with E-state index in [1.54, 1.807) is 0 Å². The van der Waals surface area contributed by atoms with Crippen molar-refractivity contribution in [3.8, 4) is 0 Å². The van der Waals surface area contributed by atoms with E-state index in [1.165, 1.54) is 16.9 Å². The molecule has 0 spiro atoms. The fourth-order valence-electron chi connectivity index (χ4n) is 3.57. The number of fused-ring (bicyclic) bond motifs is 3. The summed E-state index contributed by atoms with van der Waals surface area (Å²) in [6, 6.07) is 10.3. The molecule has 1 aliphatic carbocycles. The van der Waals surface area contributed by atoms with Crippen molar-refractivity contribution in [3.05, 3.63) is 62.5 Å². The van der Waals surface area contributed by atoms with Crippen LogP contribution in [0.25, 0.3) is 10.2 Å². The van der Waals surface area contributed by atoms with Gasteiger partial charge in [-0.3, -0.25) is 4.79 Å². The topological polar surface area (TPSA) is 55.0 Å². The summed E-state index contributed by atoms with van der Waals surface area (Å²) in [7, 11) is 0. The van der Waals surface area contributed by atoms with Crippen molar-refractivity contribution in [2.24, 2.45) is 0 Å². The SMILES string of the molecule is O=c1[nH]c(COCC(F)(F)F)nc2sc3c(c12)CC[C@@H](c1ccccc1)C3. The number of aryl methyl sites for hydroxylation is 1.